The number of hydrogen-bond donors (Lipinski definition) is 4. The lowest BCUT2D eigenvalue weighted by atomic mass is 10.1. The number of anilines is 1. The Morgan fingerprint density at radius 1 is 1.24 bits per heavy atom. The average Bonchev–Trinajstić information content (AvgIpc) is 2.54. The van der Waals surface area contributed by atoms with E-state index in [1.54, 1.807) is 0 Å². The number of nitrogens with one attached hydrogen (secondary N) is 4. The van der Waals surface area contributed by atoms with Crippen molar-refractivity contribution in [3.63, 3.8) is 0 Å². The minimum absolute atomic E-state index is 0.0654. The van der Waals surface area contributed by atoms with E-state index in [4.69, 9.17) is 17.0 Å². The average molecular weight is 366 g/mol. The van der Waals surface area contributed by atoms with E-state index in [0.29, 0.717) is 11.5 Å². The quantitative estimate of drug-likeness (QED) is 0.467. The Morgan fingerprint density at radius 3 is 2.60 bits per heavy atom. The number of benzene rings is 1. The minimum Gasteiger partial charge on any atom is -0.364 e. The molecule has 2 atom stereocenters. The standard InChI is InChI=1S/C18H28N4O2S/c1-12-6-5-7-16(15(12)4)19-18(25)21-20-17(23)8-9-22-10-13(2)24-14(3)11-22/h5-7,13-14H,8-11H2,1-4H3,(H,20,23)(H2,19,21,25)/p+1/t13-,14-/m0/s1. The first-order chi connectivity index (χ1) is 11.8. The zero-order chi connectivity index (χ0) is 18.4. The summed E-state index contributed by atoms with van der Waals surface area (Å²) < 4.78 is 5.72. The molecule has 7 heteroatoms. The number of hydrazine groups is 1. The van der Waals surface area contributed by atoms with Gasteiger partial charge >= 0.3 is 0 Å². The summed E-state index contributed by atoms with van der Waals surface area (Å²) in [7, 11) is 0. The van der Waals surface area contributed by atoms with Crippen LogP contribution in [0.5, 0.6) is 0 Å². The number of ether oxygens (including phenoxy) is 1. The maximum atomic E-state index is 12.0. The number of thiocarbonyl (C=S) groups is 1. The van der Waals surface area contributed by atoms with E-state index in [2.05, 4.69) is 43.0 Å². The number of amides is 1. The molecule has 0 unspecified atom stereocenters. The Bertz CT molecular complexity index is 613. The molecule has 1 amide bonds. The van der Waals surface area contributed by atoms with Gasteiger partial charge in [0, 0.05) is 5.69 Å². The molecule has 0 radical (unpaired) electrons. The van der Waals surface area contributed by atoms with Gasteiger partial charge in [0.05, 0.1) is 13.0 Å². The highest BCUT2D eigenvalue weighted by Crippen LogP contribution is 2.17. The van der Waals surface area contributed by atoms with Crippen LogP contribution in [0.3, 0.4) is 0 Å². The number of morpholine rings is 1. The van der Waals surface area contributed by atoms with Crippen LogP contribution >= 0.6 is 12.2 Å². The van der Waals surface area contributed by atoms with Gasteiger partial charge in [-0.05, 0) is 57.1 Å². The molecule has 4 N–H and O–H groups in total. The Labute approximate surface area is 155 Å². The zero-order valence-electron chi connectivity index (χ0n) is 15.4. The fourth-order valence-electron chi connectivity index (χ4n) is 3.11. The van der Waals surface area contributed by atoms with E-state index in [1.807, 2.05) is 19.1 Å². The van der Waals surface area contributed by atoms with Crippen molar-refractivity contribution < 1.29 is 14.4 Å². The molecule has 6 nitrogen and oxygen atoms in total. The first kappa shape index (κ1) is 19.6. The van der Waals surface area contributed by atoms with Crippen LogP contribution in [0.15, 0.2) is 18.2 Å². The number of rotatable bonds is 4. The van der Waals surface area contributed by atoms with E-state index in [0.717, 1.165) is 30.9 Å². The van der Waals surface area contributed by atoms with E-state index in [9.17, 15) is 4.79 Å². The van der Waals surface area contributed by atoms with Crippen LogP contribution in [-0.4, -0.2) is 42.9 Å². The molecule has 1 fully saturated rings. The van der Waals surface area contributed by atoms with Crippen molar-refractivity contribution >= 4 is 28.9 Å². The van der Waals surface area contributed by atoms with Gasteiger partial charge < -0.3 is 15.0 Å². The lowest BCUT2D eigenvalue weighted by Gasteiger charge is -2.32. The lowest BCUT2D eigenvalue weighted by Crippen LogP contribution is -3.15. The van der Waals surface area contributed by atoms with Crippen molar-refractivity contribution in [1.82, 2.24) is 10.9 Å². The molecule has 1 aromatic carbocycles. The molecule has 2 rings (SSSR count). The molecular formula is C18H29N4O2S+. The predicted molar refractivity (Wildman–Crippen MR) is 104 cm³/mol. The molecule has 1 saturated heterocycles. The lowest BCUT2D eigenvalue weighted by molar-refractivity contribution is -0.914. The van der Waals surface area contributed by atoms with Crippen LogP contribution < -0.4 is 21.1 Å². The van der Waals surface area contributed by atoms with Gasteiger partial charge in [-0.3, -0.25) is 15.6 Å². The van der Waals surface area contributed by atoms with Crippen molar-refractivity contribution in [3.8, 4) is 0 Å². The minimum atomic E-state index is -0.0654. The van der Waals surface area contributed by atoms with Gasteiger partial charge in [-0.25, -0.2) is 0 Å². The molecule has 1 aliphatic rings. The number of aryl methyl sites for hydroxylation is 1. The summed E-state index contributed by atoms with van der Waals surface area (Å²) in [6.07, 6.45) is 0.942. The first-order valence-electron chi connectivity index (χ1n) is 8.76. The second-order valence-corrected chi connectivity index (χ2v) is 7.20. The summed E-state index contributed by atoms with van der Waals surface area (Å²) in [4.78, 5) is 13.4. The monoisotopic (exact) mass is 365 g/mol. The van der Waals surface area contributed by atoms with E-state index in [1.165, 1.54) is 10.5 Å². The third kappa shape index (κ3) is 6.26. The topological polar surface area (TPSA) is 66.8 Å². The third-order valence-corrected chi connectivity index (χ3v) is 4.69. The van der Waals surface area contributed by atoms with Crippen molar-refractivity contribution in [3.05, 3.63) is 29.3 Å². The maximum absolute atomic E-state index is 12.0. The van der Waals surface area contributed by atoms with Crippen LogP contribution in [-0.2, 0) is 9.53 Å². The van der Waals surface area contributed by atoms with Gasteiger partial charge in [0.1, 0.15) is 25.3 Å². The van der Waals surface area contributed by atoms with Gasteiger partial charge in [0.25, 0.3) is 0 Å². The molecule has 0 spiro atoms. The molecule has 1 aliphatic heterocycles. The Hall–Kier alpha value is -1.70. The van der Waals surface area contributed by atoms with Crippen molar-refractivity contribution in [2.45, 2.75) is 46.3 Å². The summed E-state index contributed by atoms with van der Waals surface area (Å²) in [6.45, 7) is 10.9. The summed E-state index contributed by atoms with van der Waals surface area (Å²) in [5, 5.41) is 3.49. The molecule has 25 heavy (non-hydrogen) atoms. The first-order valence-corrected chi connectivity index (χ1v) is 9.17. The highest BCUT2D eigenvalue weighted by molar-refractivity contribution is 7.80. The van der Waals surface area contributed by atoms with Gasteiger partial charge in [0.2, 0.25) is 5.91 Å². The van der Waals surface area contributed by atoms with Crippen LogP contribution in [0.2, 0.25) is 0 Å². The van der Waals surface area contributed by atoms with Crippen LogP contribution in [0.1, 0.15) is 31.4 Å². The highest BCUT2D eigenvalue weighted by atomic mass is 32.1. The van der Waals surface area contributed by atoms with Crippen LogP contribution in [0.4, 0.5) is 5.69 Å². The molecule has 0 aliphatic carbocycles. The second-order valence-electron chi connectivity index (χ2n) is 6.79. The number of carbonyl (C=O) groups is 1. The zero-order valence-corrected chi connectivity index (χ0v) is 16.3. The SMILES string of the molecule is Cc1cccc(NC(=S)NNC(=O)CC[NH+]2C[C@H](C)O[C@@H](C)C2)c1C. The van der Waals surface area contributed by atoms with Gasteiger partial charge in [0.15, 0.2) is 5.11 Å². The smallest absolute Gasteiger partial charge is 0.244 e. The number of quaternary nitrogens is 1. The van der Waals surface area contributed by atoms with Crippen molar-refractivity contribution in [2.24, 2.45) is 0 Å². The van der Waals surface area contributed by atoms with E-state index in [-0.39, 0.29) is 18.1 Å². The summed E-state index contributed by atoms with van der Waals surface area (Å²) in [5.74, 6) is -0.0654. The van der Waals surface area contributed by atoms with Crippen LogP contribution in [0, 0.1) is 13.8 Å². The van der Waals surface area contributed by atoms with E-state index >= 15 is 0 Å². The Morgan fingerprint density at radius 2 is 1.92 bits per heavy atom. The maximum Gasteiger partial charge on any atom is 0.244 e. The largest absolute Gasteiger partial charge is 0.364 e. The van der Waals surface area contributed by atoms with Crippen LogP contribution in [0.25, 0.3) is 0 Å². The molecule has 1 aromatic rings. The molecule has 0 bridgehead atoms. The molecule has 138 valence electrons. The van der Waals surface area contributed by atoms with Crippen molar-refractivity contribution in [1.29, 1.82) is 0 Å². The number of carbonyl (C=O) groups excluding carboxylic acids is 1. The van der Waals surface area contributed by atoms with Gasteiger partial charge in [-0.2, -0.15) is 0 Å². The number of hydrogen-bond acceptors (Lipinski definition) is 3. The fourth-order valence-corrected chi connectivity index (χ4v) is 3.27. The molecular weight excluding hydrogens is 336 g/mol. The Kier molecular flexibility index (Phi) is 7.16. The summed E-state index contributed by atoms with van der Waals surface area (Å²) in [6, 6.07) is 5.98. The highest BCUT2D eigenvalue weighted by Gasteiger charge is 2.25. The Balaban J connectivity index is 1.70. The van der Waals surface area contributed by atoms with Gasteiger partial charge in [-0.15, -0.1) is 0 Å². The molecule has 1 heterocycles. The normalized spacial score (nSPS) is 23.0. The summed E-state index contributed by atoms with van der Waals surface area (Å²) in [5.41, 5.74) is 8.69. The van der Waals surface area contributed by atoms with Crippen molar-refractivity contribution in [2.75, 3.05) is 25.0 Å². The summed E-state index contributed by atoms with van der Waals surface area (Å²) >= 11 is 5.24. The fraction of sp³-hybridized carbons (Fsp3) is 0.556. The molecule has 0 aromatic heterocycles. The predicted octanol–water partition coefficient (Wildman–Crippen LogP) is 0.703. The second kappa shape index (κ2) is 9.12. The van der Waals surface area contributed by atoms with E-state index < -0.39 is 0 Å². The molecule has 0 saturated carbocycles. The third-order valence-electron chi connectivity index (χ3n) is 4.49. The van der Waals surface area contributed by atoms with Gasteiger partial charge in [-0.1, -0.05) is 12.1 Å².